The van der Waals surface area contributed by atoms with E-state index in [1.807, 2.05) is 25.1 Å². The van der Waals surface area contributed by atoms with Gasteiger partial charge in [-0.2, -0.15) is 0 Å². The number of hydrogen-bond acceptors (Lipinski definition) is 4. The molecule has 3 atom stereocenters. The number of aliphatic hydroxyl groups excluding tert-OH is 1. The van der Waals surface area contributed by atoms with Gasteiger partial charge in [0.2, 0.25) is 5.91 Å². The predicted octanol–water partition coefficient (Wildman–Crippen LogP) is 0.539. The molecule has 0 aromatic carbocycles. The van der Waals surface area contributed by atoms with Gasteiger partial charge in [-0.15, -0.1) is 0 Å². The molecule has 110 valence electrons. The second-order valence-electron chi connectivity index (χ2n) is 5.33. The van der Waals surface area contributed by atoms with Gasteiger partial charge in [-0.25, -0.2) is 0 Å². The van der Waals surface area contributed by atoms with Gasteiger partial charge >= 0.3 is 0 Å². The first-order valence-electron chi connectivity index (χ1n) is 6.87. The summed E-state index contributed by atoms with van der Waals surface area (Å²) < 4.78 is 5.28. The number of amides is 1. The zero-order chi connectivity index (χ0) is 14.3. The molecule has 5 nitrogen and oxygen atoms in total. The Hall–Kier alpha value is -0.910. The first-order valence-corrected chi connectivity index (χ1v) is 6.87. The van der Waals surface area contributed by atoms with E-state index in [-0.39, 0.29) is 18.1 Å². The molecule has 0 saturated heterocycles. The highest BCUT2D eigenvalue weighted by atomic mass is 16.5. The van der Waals surface area contributed by atoms with Crippen LogP contribution in [0.25, 0.3) is 0 Å². The number of aliphatic hydroxyl groups is 1. The zero-order valence-electron chi connectivity index (χ0n) is 12.1. The molecule has 1 aliphatic carbocycles. The van der Waals surface area contributed by atoms with Crippen molar-refractivity contribution >= 4 is 5.91 Å². The summed E-state index contributed by atoms with van der Waals surface area (Å²) in [4.78, 5) is 13.8. The van der Waals surface area contributed by atoms with Gasteiger partial charge in [0.15, 0.2) is 0 Å². The van der Waals surface area contributed by atoms with Crippen LogP contribution in [-0.2, 0) is 9.53 Å². The fraction of sp³-hybridized carbons (Fsp3) is 0.786. The topological polar surface area (TPSA) is 61.8 Å². The third-order valence-electron chi connectivity index (χ3n) is 3.42. The van der Waals surface area contributed by atoms with Crippen LogP contribution in [0.2, 0.25) is 0 Å². The largest absolute Gasteiger partial charge is 0.388 e. The molecule has 0 bridgehead atoms. The van der Waals surface area contributed by atoms with Crippen molar-refractivity contribution in [2.75, 3.05) is 27.7 Å². The van der Waals surface area contributed by atoms with E-state index in [4.69, 9.17) is 4.74 Å². The molecule has 5 heteroatoms. The maximum Gasteiger partial charge on any atom is 0.244 e. The number of hydrogen-bond donors (Lipinski definition) is 2. The molecular weight excluding hydrogens is 244 g/mol. The number of carbonyl (C=O) groups is 1. The van der Waals surface area contributed by atoms with E-state index in [9.17, 15) is 9.90 Å². The normalized spacial score (nSPS) is 28.6. The van der Waals surface area contributed by atoms with E-state index in [1.54, 1.807) is 7.11 Å². The van der Waals surface area contributed by atoms with Gasteiger partial charge in [0.25, 0.3) is 0 Å². The van der Waals surface area contributed by atoms with Crippen LogP contribution in [0, 0.1) is 0 Å². The molecule has 0 aromatic rings. The Morgan fingerprint density at radius 2 is 2.11 bits per heavy atom. The summed E-state index contributed by atoms with van der Waals surface area (Å²) in [5.41, 5.74) is 0. The quantitative estimate of drug-likeness (QED) is 0.565. The molecule has 0 spiro atoms. The van der Waals surface area contributed by atoms with Crippen molar-refractivity contribution in [3.05, 3.63) is 12.2 Å². The highest BCUT2D eigenvalue weighted by Crippen LogP contribution is 2.20. The molecule has 0 aromatic heterocycles. The molecule has 2 N–H and O–H groups in total. The standard InChI is InChI=1S/C14H26N2O3/c1-16(2)10-6-9-13(17)15-11-7-4-5-8-12(19-3)14(11)18/h6,9,11-12,14,18H,4-5,7-8,10H2,1-3H3,(H,15,17)/t11-,12-,14-/m1/s1. The van der Waals surface area contributed by atoms with Crippen molar-refractivity contribution in [2.45, 2.75) is 43.9 Å². The number of rotatable bonds is 5. The Kier molecular flexibility index (Phi) is 7.05. The summed E-state index contributed by atoms with van der Waals surface area (Å²) in [6.45, 7) is 0.724. The lowest BCUT2D eigenvalue weighted by Crippen LogP contribution is -2.47. The third-order valence-corrected chi connectivity index (χ3v) is 3.42. The maximum absolute atomic E-state index is 11.8. The van der Waals surface area contributed by atoms with E-state index in [2.05, 4.69) is 5.32 Å². The lowest BCUT2D eigenvalue weighted by molar-refractivity contribution is -0.119. The van der Waals surface area contributed by atoms with Crippen molar-refractivity contribution < 1.29 is 14.6 Å². The SMILES string of the molecule is CO[C@@H]1CCCC[C@@H](NC(=O)C=CCN(C)C)[C@H]1O. The molecule has 1 saturated carbocycles. The number of nitrogens with one attached hydrogen (secondary N) is 1. The van der Waals surface area contributed by atoms with Crippen molar-refractivity contribution in [3.63, 3.8) is 0 Å². The third kappa shape index (κ3) is 5.72. The minimum Gasteiger partial charge on any atom is -0.388 e. The molecule has 1 aliphatic rings. The molecule has 0 radical (unpaired) electrons. The van der Waals surface area contributed by atoms with Crippen LogP contribution in [0.15, 0.2) is 12.2 Å². The predicted molar refractivity (Wildman–Crippen MR) is 74.9 cm³/mol. The van der Waals surface area contributed by atoms with Gasteiger partial charge in [-0.05, 0) is 26.9 Å². The monoisotopic (exact) mass is 270 g/mol. The van der Waals surface area contributed by atoms with E-state index in [1.165, 1.54) is 6.08 Å². The summed E-state index contributed by atoms with van der Waals surface area (Å²) in [7, 11) is 5.50. The highest BCUT2D eigenvalue weighted by molar-refractivity contribution is 5.87. The Morgan fingerprint density at radius 1 is 1.42 bits per heavy atom. The lowest BCUT2D eigenvalue weighted by Gasteiger charge is -2.26. The Morgan fingerprint density at radius 3 is 2.74 bits per heavy atom. The second-order valence-corrected chi connectivity index (χ2v) is 5.33. The van der Waals surface area contributed by atoms with E-state index < -0.39 is 6.10 Å². The van der Waals surface area contributed by atoms with Crippen molar-refractivity contribution in [1.29, 1.82) is 0 Å². The van der Waals surface area contributed by atoms with Crippen LogP contribution in [0.3, 0.4) is 0 Å². The summed E-state index contributed by atoms with van der Waals surface area (Å²) in [6.07, 6.45) is 6.21. The Balaban J connectivity index is 2.49. The molecule has 0 aliphatic heterocycles. The van der Waals surface area contributed by atoms with Crippen LogP contribution >= 0.6 is 0 Å². The molecule has 19 heavy (non-hydrogen) atoms. The smallest absolute Gasteiger partial charge is 0.244 e. The van der Waals surface area contributed by atoms with Gasteiger partial charge < -0.3 is 20.1 Å². The minimum absolute atomic E-state index is 0.150. The number of methoxy groups -OCH3 is 1. The summed E-state index contributed by atoms with van der Waals surface area (Å²) in [5.74, 6) is -0.150. The van der Waals surface area contributed by atoms with E-state index in [0.29, 0.717) is 0 Å². The molecule has 0 heterocycles. The van der Waals surface area contributed by atoms with Crippen molar-refractivity contribution in [3.8, 4) is 0 Å². The summed E-state index contributed by atoms with van der Waals surface area (Å²) >= 11 is 0. The van der Waals surface area contributed by atoms with Gasteiger partial charge in [-0.1, -0.05) is 18.9 Å². The van der Waals surface area contributed by atoms with Crippen LogP contribution in [0.4, 0.5) is 0 Å². The summed E-state index contributed by atoms with van der Waals surface area (Å²) in [6, 6.07) is -0.219. The minimum atomic E-state index is -0.626. The number of ether oxygens (including phenoxy) is 1. The van der Waals surface area contributed by atoms with Crippen molar-refractivity contribution in [1.82, 2.24) is 10.2 Å². The molecular formula is C14H26N2O3. The van der Waals surface area contributed by atoms with Gasteiger partial charge in [-0.3, -0.25) is 4.79 Å². The number of carbonyl (C=O) groups excluding carboxylic acids is 1. The second kappa shape index (κ2) is 8.30. The lowest BCUT2D eigenvalue weighted by atomic mass is 10.0. The molecule has 1 amide bonds. The average molecular weight is 270 g/mol. The molecule has 0 unspecified atom stereocenters. The van der Waals surface area contributed by atoms with E-state index in [0.717, 1.165) is 32.2 Å². The first-order chi connectivity index (χ1) is 9.04. The van der Waals surface area contributed by atoms with Gasteiger partial charge in [0, 0.05) is 19.7 Å². The molecule has 1 fully saturated rings. The zero-order valence-corrected chi connectivity index (χ0v) is 12.1. The van der Waals surface area contributed by atoms with Gasteiger partial charge in [0.1, 0.15) is 6.10 Å². The maximum atomic E-state index is 11.8. The fourth-order valence-electron chi connectivity index (χ4n) is 2.33. The van der Waals surface area contributed by atoms with E-state index >= 15 is 0 Å². The number of likely N-dealkylation sites (N-methyl/N-ethyl adjacent to an activating group) is 1. The fourth-order valence-corrected chi connectivity index (χ4v) is 2.33. The molecule has 1 rings (SSSR count). The Labute approximate surface area is 115 Å². The van der Waals surface area contributed by atoms with Crippen molar-refractivity contribution in [2.24, 2.45) is 0 Å². The Bertz CT molecular complexity index is 305. The first kappa shape index (κ1) is 16.1. The van der Waals surface area contributed by atoms with Crippen LogP contribution in [0.1, 0.15) is 25.7 Å². The van der Waals surface area contributed by atoms with Crippen LogP contribution in [0.5, 0.6) is 0 Å². The average Bonchev–Trinajstić information content (AvgIpc) is 2.52. The van der Waals surface area contributed by atoms with Crippen LogP contribution < -0.4 is 5.32 Å². The highest BCUT2D eigenvalue weighted by Gasteiger charge is 2.30. The van der Waals surface area contributed by atoms with Gasteiger partial charge in [0.05, 0.1) is 12.1 Å². The van der Waals surface area contributed by atoms with Crippen LogP contribution in [-0.4, -0.2) is 61.9 Å². The summed E-state index contributed by atoms with van der Waals surface area (Å²) in [5, 5.41) is 13.1. The number of nitrogens with zero attached hydrogens (tertiary/aromatic N) is 1.